The van der Waals surface area contributed by atoms with Crippen molar-refractivity contribution in [1.29, 1.82) is 0 Å². The van der Waals surface area contributed by atoms with E-state index in [1.165, 1.54) is 18.2 Å². The van der Waals surface area contributed by atoms with E-state index in [-0.39, 0.29) is 12.4 Å². The molecule has 0 fully saturated rings. The van der Waals surface area contributed by atoms with Gasteiger partial charge in [-0.3, -0.25) is 4.79 Å². The first-order valence-electron chi connectivity index (χ1n) is 6.19. The summed E-state index contributed by atoms with van der Waals surface area (Å²) in [5, 5.41) is 0.319. The zero-order chi connectivity index (χ0) is 15.2. The molecular weight excluding hydrogens is 293 g/mol. The van der Waals surface area contributed by atoms with E-state index in [1.807, 2.05) is 6.07 Å². The van der Waals surface area contributed by atoms with Crippen molar-refractivity contribution in [1.82, 2.24) is 0 Å². The van der Waals surface area contributed by atoms with Crippen LogP contribution in [0.3, 0.4) is 0 Å². The second-order valence-electron chi connectivity index (χ2n) is 4.33. The molecule has 0 unspecified atom stereocenters. The van der Waals surface area contributed by atoms with E-state index in [0.29, 0.717) is 16.3 Å². The number of carbonyl (C=O) groups excluding carboxylic acids is 1. The number of primary amides is 1. The van der Waals surface area contributed by atoms with E-state index < -0.39 is 5.91 Å². The van der Waals surface area contributed by atoms with Crippen molar-refractivity contribution in [2.75, 3.05) is 0 Å². The van der Waals surface area contributed by atoms with Crippen molar-refractivity contribution < 1.29 is 13.9 Å². The molecule has 3 nitrogen and oxygen atoms in total. The average molecular weight is 306 g/mol. The molecule has 0 bridgehead atoms. The standard InChI is InChI=1S/C16H13ClFNO2/c17-15-9-13(18)6-5-12(15)10-21-14-3-1-2-11(8-14)4-7-16(19)20/h1-9H,10H2,(H2,19,20)/b7-4+. The first kappa shape index (κ1) is 15.1. The Labute approximate surface area is 126 Å². The summed E-state index contributed by atoms with van der Waals surface area (Å²) in [5.74, 6) is -0.288. The third-order valence-corrected chi connectivity index (χ3v) is 3.06. The van der Waals surface area contributed by atoms with Gasteiger partial charge in [0.1, 0.15) is 18.2 Å². The minimum atomic E-state index is -0.514. The molecule has 0 aliphatic heterocycles. The summed E-state index contributed by atoms with van der Waals surface area (Å²) in [6, 6.07) is 11.3. The number of nitrogens with two attached hydrogens (primary N) is 1. The van der Waals surface area contributed by atoms with Gasteiger partial charge in [-0.15, -0.1) is 0 Å². The van der Waals surface area contributed by atoms with E-state index >= 15 is 0 Å². The van der Waals surface area contributed by atoms with Crippen LogP contribution < -0.4 is 10.5 Å². The quantitative estimate of drug-likeness (QED) is 0.859. The smallest absolute Gasteiger partial charge is 0.241 e. The average Bonchev–Trinajstić information content (AvgIpc) is 2.45. The van der Waals surface area contributed by atoms with Crippen LogP contribution in [0.1, 0.15) is 11.1 Å². The van der Waals surface area contributed by atoms with Gasteiger partial charge in [0.2, 0.25) is 5.91 Å². The summed E-state index contributed by atoms with van der Waals surface area (Å²) in [6.07, 6.45) is 2.87. The van der Waals surface area contributed by atoms with Gasteiger partial charge < -0.3 is 10.5 Å². The summed E-state index contributed by atoms with van der Waals surface area (Å²) in [4.78, 5) is 10.7. The molecule has 0 heterocycles. The van der Waals surface area contributed by atoms with Crippen LogP contribution in [0.2, 0.25) is 5.02 Å². The second kappa shape index (κ2) is 6.90. The molecule has 21 heavy (non-hydrogen) atoms. The van der Waals surface area contributed by atoms with Crippen LogP contribution in [0, 0.1) is 5.82 Å². The van der Waals surface area contributed by atoms with Crippen LogP contribution in [0.5, 0.6) is 5.75 Å². The minimum absolute atomic E-state index is 0.224. The van der Waals surface area contributed by atoms with Crippen molar-refractivity contribution in [3.05, 3.63) is 70.5 Å². The number of rotatable bonds is 5. The highest BCUT2D eigenvalue weighted by molar-refractivity contribution is 6.31. The summed E-state index contributed by atoms with van der Waals surface area (Å²) < 4.78 is 18.5. The fourth-order valence-electron chi connectivity index (χ4n) is 1.69. The highest BCUT2D eigenvalue weighted by Gasteiger charge is 2.03. The molecule has 0 aliphatic carbocycles. The molecule has 2 N–H and O–H groups in total. The van der Waals surface area contributed by atoms with E-state index in [1.54, 1.807) is 30.3 Å². The maximum absolute atomic E-state index is 12.9. The van der Waals surface area contributed by atoms with Crippen LogP contribution in [0.15, 0.2) is 48.5 Å². The van der Waals surface area contributed by atoms with Crippen LogP contribution in [0.25, 0.3) is 6.08 Å². The Balaban J connectivity index is 2.06. The first-order chi connectivity index (χ1) is 10.0. The third-order valence-electron chi connectivity index (χ3n) is 2.71. The summed E-state index contributed by atoms with van der Waals surface area (Å²) in [7, 11) is 0. The van der Waals surface area contributed by atoms with Gasteiger partial charge in [-0.1, -0.05) is 29.8 Å². The predicted molar refractivity (Wildman–Crippen MR) is 80.4 cm³/mol. The molecular formula is C16H13ClFNO2. The maximum Gasteiger partial charge on any atom is 0.241 e. The molecule has 0 radical (unpaired) electrons. The van der Waals surface area contributed by atoms with Crippen molar-refractivity contribution in [2.24, 2.45) is 5.73 Å². The Kier molecular flexibility index (Phi) is 4.95. The first-order valence-corrected chi connectivity index (χ1v) is 6.57. The molecule has 0 aliphatic rings. The van der Waals surface area contributed by atoms with Gasteiger partial charge >= 0.3 is 0 Å². The van der Waals surface area contributed by atoms with Gasteiger partial charge in [0.15, 0.2) is 0 Å². The molecule has 2 aromatic rings. The van der Waals surface area contributed by atoms with Gasteiger partial charge in [0.05, 0.1) is 5.02 Å². The predicted octanol–water partition coefficient (Wildman–Crippen LogP) is 3.56. The molecule has 0 aromatic heterocycles. The van der Waals surface area contributed by atoms with Crippen molar-refractivity contribution >= 4 is 23.6 Å². The topological polar surface area (TPSA) is 52.3 Å². The summed E-state index contributed by atoms with van der Waals surface area (Å²) >= 11 is 5.93. The Morgan fingerprint density at radius 1 is 1.29 bits per heavy atom. The van der Waals surface area contributed by atoms with Gasteiger partial charge in [-0.05, 0) is 35.9 Å². The largest absolute Gasteiger partial charge is 0.489 e. The van der Waals surface area contributed by atoms with Crippen LogP contribution in [0.4, 0.5) is 4.39 Å². The lowest BCUT2D eigenvalue weighted by atomic mass is 10.2. The molecule has 0 saturated heterocycles. The van der Waals surface area contributed by atoms with Gasteiger partial charge in [-0.25, -0.2) is 4.39 Å². The van der Waals surface area contributed by atoms with Crippen LogP contribution in [-0.2, 0) is 11.4 Å². The van der Waals surface area contributed by atoms with Crippen LogP contribution >= 0.6 is 11.6 Å². The Morgan fingerprint density at radius 3 is 2.81 bits per heavy atom. The number of hydrogen-bond acceptors (Lipinski definition) is 2. The van der Waals surface area contributed by atoms with Gasteiger partial charge in [0, 0.05) is 11.6 Å². The fraction of sp³-hybridized carbons (Fsp3) is 0.0625. The highest BCUT2D eigenvalue weighted by atomic mass is 35.5. The minimum Gasteiger partial charge on any atom is -0.489 e. The number of amides is 1. The third kappa shape index (κ3) is 4.61. The number of carbonyl (C=O) groups is 1. The molecule has 0 atom stereocenters. The highest BCUT2D eigenvalue weighted by Crippen LogP contribution is 2.21. The van der Waals surface area contributed by atoms with E-state index in [9.17, 15) is 9.18 Å². The Hall–Kier alpha value is -2.33. The number of halogens is 2. The van der Waals surface area contributed by atoms with E-state index in [0.717, 1.165) is 5.56 Å². The van der Waals surface area contributed by atoms with Gasteiger partial charge in [0.25, 0.3) is 0 Å². The molecule has 1 amide bonds. The number of ether oxygens (including phenoxy) is 1. The van der Waals surface area contributed by atoms with Crippen molar-refractivity contribution in [3.63, 3.8) is 0 Å². The summed E-state index contributed by atoms with van der Waals surface area (Å²) in [5.41, 5.74) is 6.52. The normalized spacial score (nSPS) is 10.8. The lowest BCUT2D eigenvalue weighted by Gasteiger charge is -2.08. The zero-order valence-corrected chi connectivity index (χ0v) is 11.8. The number of benzene rings is 2. The molecule has 0 saturated carbocycles. The SMILES string of the molecule is NC(=O)/C=C/c1cccc(OCc2ccc(F)cc2Cl)c1. The van der Waals surface area contributed by atoms with Gasteiger partial charge in [-0.2, -0.15) is 0 Å². The van der Waals surface area contributed by atoms with Crippen molar-refractivity contribution in [3.8, 4) is 5.75 Å². The molecule has 108 valence electrons. The zero-order valence-electron chi connectivity index (χ0n) is 11.1. The van der Waals surface area contributed by atoms with E-state index in [4.69, 9.17) is 22.1 Å². The fourth-order valence-corrected chi connectivity index (χ4v) is 1.91. The van der Waals surface area contributed by atoms with Crippen LogP contribution in [-0.4, -0.2) is 5.91 Å². The Bertz CT molecular complexity index is 686. The maximum atomic E-state index is 12.9. The molecule has 2 rings (SSSR count). The Morgan fingerprint density at radius 2 is 2.10 bits per heavy atom. The van der Waals surface area contributed by atoms with E-state index in [2.05, 4.69) is 0 Å². The molecule has 0 spiro atoms. The number of hydrogen-bond donors (Lipinski definition) is 1. The van der Waals surface area contributed by atoms with Crippen molar-refractivity contribution in [2.45, 2.75) is 6.61 Å². The lowest BCUT2D eigenvalue weighted by Crippen LogP contribution is -2.05. The monoisotopic (exact) mass is 305 g/mol. The lowest BCUT2D eigenvalue weighted by molar-refractivity contribution is -0.113. The second-order valence-corrected chi connectivity index (χ2v) is 4.74. The summed E-state index contributed by atoms with van der Waals surface area (Å²) in [6.45, 7) is 0.224. The molecule has 2 aromatic carbocycles. The molecule has 5 heteroatoms.